The SMILES string of the molecule is Cc1cc2c(=O)oc(-c3ccc(-c4ccccc4)cc3)nc2s1. The van der Waals surface area contributed by atoms with Crippen molar-refractivity contribution < 1.29 is 4.42 Å². The van der Waals surface area contributed by atoms with E-state index in [1.54, 1.807) is 0 Å². The average Bonchev–Trinajstić information content (AvgIpc) is 2.97. The molecule has 112 valence electrons. The summed E-state index contributed by atoms with van der Waals surface area (Å²) in [6, 6.07) is 19.8. The number of thiophene rings is 1. The van der Waals surface area contributed by atoms with Gasteiger partial charge in [-0.05, 0) is 36.2 Å². The first-order valence-electron chi connectivity index (χ1n) is 7.28. The molecule has 23 heavy (non-hydrogen) atoms. The van der Waals surface area contributed by atoms with Crippen molar-refractivity contribution in [3.8, 4) is 22.6 Å². The molecule has 0 saturated carbocycles. The fourth-order valence-electron chi connectivity index (χ4n) is 2.55. The monoisotopic (exact) mass is 319 g/mol. The Kier molecular flexibility index (Phi) is 3.32. The Morgan fingerprint density at radius 2 is 1.57 bits per heavy atom. The molecule has 4 heteroatoms. The third kappa shape index (κ3) is 2.58. The zero-order valence-corrected chi connectivity index (χ0v) is 13.3. The first-order chi connectivity index (χ1) is 11.2. The van der Waals surface area contributed by atoms with E-state index in [4.69, 9.17) is 4.42 Å². The standard InChI is InChI=1S/C19H13NO2S/c1-12-11-16-18(23-12)20-17(22-19(16)21)15-9-7-14(8-10-15)13-5-3-2-4-6-13/h2-11H,1H3. The van der Waals surface area contributed by atoms with Crippen LogP contribution in [0.4, 0.5) is 0 Å². The van der Waals surface area contributed by atoms with Crippen LogP contribution in [-0.2, 0) is 0 Å². The highest BCUT2D eigenvalue weighted by atomic mass is 32.1. The summed E-state index contributed by atoms with van der Waals surface area (Å²) in [4.78, 5) is 18.3. The molecule has 0 radical (unpaired) electrons. The number of rotatable bonds is 2. The highest BCUT2D eigenvalue weighted by Gasteiger charge is 2.11. The minimum absolute atomic E-state index is 0.332. The number of fused-ring (bicyclic) bond motifs is 1. The highest BCUT2D eigenvalue weighted by Crippen LogP contribution is 2.26. The van der Waals surface area contributed by atoms with Gasteiger partial charge in [0.15, 0.2) is 0 Å². The maximum absolute atomic E-state index is 12.1. The predicted molar refractivity (Wildman–Crippen MR) is 93.8 cm³/mol. The van der Waals surface area contributed by atoms with E-state index >= 15 is 0 Å². The predicted octanol–water partition coefficient (Wildman–Crippen LogP) is 4.89. The van der Waals surface area contributed by atoms with Gasteiger partial charge in [0, 0.05) is 10.4 Å². The van der Waals surface area contributed by atoms with Gasteiger partial charge in [-0.25, -0.2) is 9.78 Å². The van der Waals surface area contributed by atoms with Crippen LogP contribution in [0.1, 0.15) is 4.88 Å². The van der Waals surface area contributed by atoms with Gasteiger partial charge in [0.05, 0.1) is 5.39 Å². The molecule has 0 saturated heterocycles. The zero-order valence-electron chi connectivity index (χ0n) is 12.4. The van der Waals surface area contributed by atoms with Crippen molar-refractivity contribution in [2.45, 2.75) is 6.92 Å². The fraction of sp³-hybridized carbons (Fsp3) is 0.0526. The van der Waals surface area contributed by atoms with Crippen LogP contribution in [0.15, 0.2) is 69.9 Å². The molecule has 0 aliphatic heterocycles. The second kappa shape index (κ2) is 5.48. The molecule has 0 N–H and O–H groups in total. The van der Waals surface area contributed by atoms with E-state index in [0.717, 1.165) is 26.4 Å². The second-order valence-corrected chi connectivity index (χ2v) is 6.56. The first kappa shape index (κ1) is 13.9. The normalized spacial score (nSPS) is 11.0. The molecule has 0 spiro atoms. The summed E-state index contributed by atoms with van der Waals surface area (Å²) in [7, 11) is 0. The number of aryl methyl sites for hydroxylation is 1. The molecule has 2 aromatic carbocycles. The van der Waals surface area contributed by atoms with E-state index in [2.05, 4.69) is 17.1 Å². The smallest absolute Gasteiger partial charge is 0.347 e. The van der Waals surface area contributed by atoms with Crippen LogP contribution < -0.4 is 5.63 Å². The third-order valence-corrected chi connectivity index (χ3v) is 4.63. The molecule has 0 aliphatic rings. The van der Waals surface area contributed by atoms with Crippen molar-refractivity contribution >= 4 is 21.6 Å². The Hall–Kier alpha value is -2.72. The van der Waals surface area contributed by atoms with Crippen LogP contribution in [0, 0.1) is 6.92 Å². The summed E-state index contributed by atoms with van der Waals surface area (Å²) in [6.45, 7) is 1.96. The molecule has 0 bridgehead atoms. The van der Waals surface area contributed by atoms with Gasteiger partial charge in [0.25, 0.3) is 0 Å². The van der Waals surface area contributed by atoms with E-state index in [9.17, 15) is 4.79 Å². The summed E-state index contributed by atoms with van der Waals surface area (Å²) in [5, 5.41) is 0.553. The van der Waals surface area contributed by atoms with E-state index in [0.29, 0.717) is 11.3 Å². The summed E-state index contributed by atoms with van der Waals surface area (Å²) >= 11 is 1.50. The molecule has 4 aromatic rings. The largest absolute Gasteiger partial charge is 0.403 e. The number of benzene rings is 2. The lowest BCUT2D eigenvalue weighted by Crippen LogP contribution is -2.00. The average molecular weight is 319 g/mol. The lowest BCUT2D eigenvalue weighted by Gasteiger charge is -2.03. The third-order valence-electron chi connectivity index (χ3n) is 3.69. The maximum Gasteiger partial charge on any atom is 0.347 e. The Morgan fingerprint density at radius 3 is 2.30 bits per heavy atom. The Morgan fingerprint density at radius 1 is 0.913 bits per heavy atom. The fourth-order valence-corrected chi connectivity index (χ4v) is 3.41. The van der Waals surface area contributed by atoms with Crippen LogP contribution >= 0.6 is 11.3 Å². The molecule has 2 heterocycles. The van der Waals surface area contributed by atoms with E-state index in [1.165, 1.54) is 11.3 Å². The van der Waals surface area contributed by atoms with Gasteiger partial charge < -0.3 is 4.42 Å². The van der Waals surface area contributed by atoms with Gasteiger partial charge in [-0.2, -0.15) is 0 Å². The molecular formula is C19H13NO2S. The number of aromatic nitrogens is 1. The highest BCUT2D eigenvalue weighted by molar-refractivity contribution is 7.18. The van der Waals surface area contributed by atoms with Crippen molar-refractivity contribution in [2.24, 2.45) is 0 Å². The number of nitrogens with zero attached hydrogens (tertiary/aromatic N) is 1. The molecular weight excluding hydrogens is 306 g/mol. The molecule has 0 aliphatic carbocycles. The van der Waals surface area contributed by atoms with Gasteiger partial charge >= 0.3 is 5.63 Å². The van der Waals surface area contributed by atoms with Gasteiger partial charge in [-0.15, -0.1) is 11.3 Å². The van der Waals surface area contributed by atoms with Crippen LogP contribution in [0.25, 0.3) is 32.8 Å². The van der Waals surface area contributed by atoms with Gasteiger partial charge in [-0.3, -0.25) is 0 Å². The molecule has 3 nitrogen and oxygen atoms in total. The number of hydrogen-bond donors (Lipinski definition) is 0. The van der Waals surface area contributed by atoms with E-state index in [1.807, 2.05) is 55.5 Å². The lowest BCUT2D eigenvalue weighted by atomic mass is 10.0. The Balaban J connectivity index is 1.78. The Bertz CT molecular complexity index is 1030. The van der Waals surface area contributed by atoms with Crippen molar-refractivity contribution in [1.29, 1.82) is 0 Å². The maximum atomic E-state index is 12.1. The van der Waals surface area contributed by atoms with Crippen molar-refractivity contribution in [3.63, 3.8) is 0 Å². The van der Waals surface area contributed by atoms with Crippen molar-refractivity contribution in [1.82, 2.24) is 4.98 Å². The van der Waals surface area contributed by atoms with Crippen LogP contribution in [0.2, 0.25) is 0 Å². The van der Waals surface area contributed by atoms with Gasteiger partial charge in [-0.1, -0.05) is 42.5 Å². The quantitative estimate of drug-likeness (QED) is 0.528. The van der Waals surface area contributed by atoms with Gasteiger partial charge in [0.2, 0.25) is 5.89 Å². The molecule has 0 atom stereocenters. The Labute approximate surface area is 136 Å². The topological polar surface area (TPSA) is 43.1 Å². The zero-order chi connectivity index (χ0) is 15.8. The summed E-state index contributed by atoms with van der Waals surface area (Å²) in [6.07, 6.45) is 0. The molecule has 0 amide bonds. The first-order valence-corrected chi connectivity index (χ1v) is 8.09. The summed E-state index contributed by atoms with van der Waals surface area (Å²) in [5.74, 6) is 0.365. The van der Waals surface area contributed by atoms with Crippen molar-refractivity contribution in [3.05, 3.63) is 76.0 Å². The molecule has 0 unspecified atom stereocenters. The summed E-state index contributed by atoms with van der Waals surface area (Å²) in [5.41, 5.74) is 2.73. The van der Waals surface area contributed by atoms with Gasteiger partial charge in [0.1, 0.15) is 4.83 Å². The molecule has 4 rings (SSSR count). The molecule has 0 fully saturated rings. The van der Waals surface area contributed by atoms with Crippen LogP contribution in [-0.4, -0.2) is 4.98 Å². The number of hydrogen-bond acceptors (Lipinski definition) is 4. The minimum atomic E-state index is -0.332. The van der Waals surface area contributed by atoms with E-state index in [-0.39, 0.29) is 5.63 Å². The lowest BCUT2D eigenvalue weighted by molar-refractivity contribution is 0.519. The van der Waals surface area contributed by atoms with Crippen LogP contribution in [0.3, 0.4) is 0 Å². The van der Waals surface area contributed by atoms with Crippen LogP contribution in [0.5, 0.6) is 0 Å². The second-order valence-electron chi connectivity index (χ2n) is 5.33. The summed E-state index contributed by atoms with van der Waals surface area (Å²) < 4.78 is 5.38. The molecule has 2 aromatic heterocycles. The minimum Gasteiger partial charge on any atom is -0.403 e. The van der Waals surface area contributed by atoms with Crippen molar-refractivity contribution in [2.75, 3.05) is 0 Å². The van der Waals surface area contributed by atoms with E-state index < -0.39 is 0 Å².